The number of anilines is 2. The Balaban J connectivity index is 1.65. The van der Waals surface area contributed by atoms with Crippen molar-refractivity contribution in [1.29, 1.82) is 0 Å². The number of Topliss-reactive ketones (excluding diaryl/α,β-unsaturated/α-hetero) is 1. The van der Waals surface area contributed by atoms with Crippen molar-refractivity contribution in [2.45, 2.75) is 45.1 Å². The van der Waals surface area contributed by atoms with Crippen molar-refractivity contribution in [1.82, 2.24) is 4.98 Å². The van der Waals surface area contributed by atoms with Gasteiger partial charge in [0.2, 0.25) is 0 Å². The SMILES string of the molecule is Cc1ccccc1Nc1c(C(=O)C2CCCCC2)cnc2c(C(O)c3ccc(F)cc3)cccc12. The van der Waals surface area contributed by atoms with E-state index in [0.29, 0.717) is 27.9 Å². The molecule has 0 bridgehead atoms. The van der Waals surface area contributed by atoms with E-state index in [2.05, 4.69) is 5.32 Å². The zero-order valence-electron chi connectivity index (χ0n) is 19.8. The molecule has 3 aromatic carbocycles. The third kappa shape index (κ3) is 4.69. The number of hydrogen-bond acceptors (Lipinski definition) is 4. The van der Waals surface area contributed by atoms with Crippen LogP contribution in [0.4, 0.5) is 15.8 Å². The smallest absolute Gasteiger partial charge is 0.169 e. The molecule has 1 saturated carbocycles. The van der Waals surface area contributed by atoms with E-state index in [1.165, 1.54) is 18.6 Å². The summed E-state index contributed by atoms with van der Waals surface area (Å²) in [6.45, 7) is 2.03. The van der Waals surface area contributed by atoms with Crippen LogP contribution in [0, 0.1) is 18.7 Å². The van der Waals surface area contributed by atoms with Gasteiger partial charge in [-0.3, -0.25) is 9.78 Å². The van der Waals surface area contributed by atoms with Gasteiger partial charge in [0.25, 0.3) is 0 Å². The van der Waals surface area contributed by atoms with Crippen molar-refractivity contribution in [3.05, 3.63) is 101 Å². The molecular weight excluding hydrogens is 439 g/mol. The lowest BCUT2D eigenvalue weighted by Crippen LogP contribution is -2.19. The Morgan fingerprint density at radius 3 is 2.49 bits per heavy atom. The molecule has 1 fully saturated rings. The molecule has 178 valence electrons. The fourth-order valence-corrected chi connectivity index (χ4v) is 5.05. The maximum Gasteiger partial charge on any atom is 0.169 e. The highest BCUT2D eigenvalue weighted by Crippen LogP contribution is 2.37. The van der Waals surface area contributed by atoms with Crippen molar-refractivity contribution in [3.8, 4) is 0 Å². The Morgan fingerprint density at radius 1 is 1.00 bits per heavy atom. The van der Waals surface area contributed by atoms with Gasteiger partial charge in [-0.1, -0.05) is 67.8 Å². The number of fused-ring (bicyclic) bond motifs is 1. The number of carbonyl (C=O) groups is 1. The maximum absolute atomic E-state index is 13.6. The van der Waals surface area contributed by atoms with Gasteiger partial charge >= 0.3 is 0 Å². The topological polar surface area (TPSA) is 62.2 Å². The number of hydrogen-bond donors (Lipinski definition) is 2. The van der Waals surface area contributed by atoms with Crippen molar-refractivity contribution in [2.24, 2.45) is 5.92 Å². The number of nitrogens with one attached hydrogen (secondary N) is 1. The molecule has 4 aromatic rings. The quantitative estimate of drug-likeness (QED) is 0.292. The van der Waals surface area contributed by atoms with Gasteiger partial charge in [-0.15, -0.1) is 0 Å². The van der Waals surface area contributed by atoms with Gasteiger partial charge in [0.05, 0.1) is 16.8 Å². The summed E-state index contributed by atoms with van der Waals surface area (Å²) >= 11 is 0. The second-order valence-corrected chi connectivity index (χ2v) is 9.38. The second-order valence-electron chi connectivity index (χ2n) is 9.38. The summed E-state index contributed by atoms with van der Waals surface area (Å²) in [5.74, 6) is -0.222. The third-order valence-corrected chi connectivity index (χ3v) is 7.06. The lowest BCUT2D eigenvalue weighted by atomic mass is 9.83. The molecular formula is C30H29FN2O2. The highest BCUT2D eigenvalue weighted by molar-refractivity contribution is 6.10. The Kier molecular flexibility index (Phi) is 6.60. The van der Waals surface area contributed by atoms with Crippen LogP contribution in [0.3, 0.4) is 0 Å². The Morgan fingerprint density at radius 2 is 1.74 bits per heavy atom. The van der Waals surface area contributed by atoms with Crippen LogP contribution in [0.2, 0.25) is 0 Å². The van der Waals surface area contributed by atoms with E-state index in [1.807, 2.05) is 49.4 Å². The van der Waals surface area contributed by atoms with E-state index in [4.69, 9.17) is 4.98 Å². The fourth-order valence-electron chi connectivity index (χ4n) is 5.05. The molecule has 0 aliphatic heterocycles. The molecule has 4 nitrogen and oxygen atoms in total. The summed E-state index contributed by atoms with van der Waals surface area (Å²) in [5.41, 5.74) is 5.09. The van der Waals surface area contributed by atoms with Crippen LogP contribution in [0.25, 0.3) is 10.9 Å². The molecule has 5 rings (SSSR count). The van der Waals surface area contributed by atoms with Crippen LogP contribution in [0.5, 0.6) is 0 Å². The van der Waals surface area contributed by atoms with Crippen molar-refractivity contribution in [3.63, 3.8) is 0 Å². The van der Waals surface area contributed by atoms with Crippen LogP contribution in [-0.4, -0.2) is 15.9 Å². The van der Waals surface area contributed by atoms with Gasteiger partial charge in [-0.2, -0.15) is 0 Å². The molecule has 0 amide bonds. The number of aliphatic hydroxyl groups is 1. The number of aliphatic hydroxyl groups excluding tert-OH is 1. The molecule has 0 spiro atoms. The van der Waals surface area contributed by atoms with E-state index in [9.17, 15) is 14.3 Å². The summed E-state index contributed by atoms with van der Waals surface area (Å²) in [6.07, 6.45) is 5.82. The molecule has 0 radical (unpaired) electrons. The van der Waals surface area contributed by atoms with Crippen molar-refractivity contribution < 1.29 is 14.3 Å². The van der Waals surface area contributed by atoms with Gasteiger partial charge < -0.3 is 10.4 Å². The Hall–Kier alpha value is -3.57. The fraction of sp³-hybridized carbons (Fsp3) is 0.267. The summed E-state index contributed by atoms with van der Waals surface area (Å²) < 4.78 is 13.4. The van der Waals surface area contributed by atoms with E-state index in [1.54, 1.807) is 18.3 Å². The minimum Gasteiger partial charge on any atom is -0.384 e. The van der Waals surface area contributed by atoms with Gasteiger partial charge in [0, 0.05) is 28.8 Å². The molecule has 1 aliphatic rings. The maximum atomic E-state index is 13.6. The number of nitrogens with zero attached hydrogens (tertiary/aromatic N) is 1. The number of benzene rings is 3. The average molecular weight is 469 g/mol. The molecule has 1 aromatic heterocycles. The second kappa shape index (κ2) is 9.96. The molecule has 1 heterocycles. The lowest BCUT2D eigenvalue weighted by molar-refractivity contribution is 0.0890. The van der Waals surface area contributed by atoms with Crippen LogP contribution in [0.1, 0.15) is 65.3 Å². The standard InChI is InChI=1S/C30H29FN2O2/c1-19-8-5-6-13-26(19)33-28-23-11-7-12-24(29(34)21-14-16-22(31)17-15-21)27(23)32-18-25(28)30(35)20-9-3-2-4-10-20/h5-8,11-18,20,29,34H,2-4,9-10H2,1H3,(H,32,33). The first-order chi connectivity index (χ1) is 17.0. The van der Waals surface area contributed by atoms with E-state index in [-0.39, 0.29) is 17.5 Å². The van der Waals surface area contributed by atoms with Gasteiger partial charge in [-0.25, -0.2) is 4.39 Å². The van der Waals surface area contributed by atoms with Crippen LogP contribution in [0.15, 0.2) is 72.9 Å². The van der Waals surface area contributed by atoms with Gasteiger partial charge in [-0.05, 0) is 49.1 Å². The predicted molar refractivity (Wildman–Crippen MR) is 138 cm³/mol. The normalized spacial score (nSPS) is 15.2. The summed E-state index contributed by atoms with van der Waals surface area (Å²) in [4.78, 5) is 18.3. The number of ketones is 1. The Labute approximate surface area is 204 Å². The minimum atomic E-state index is -0.974. The molecule has 5 heteroatoms. The number of halogens is 1. The highest BCUT2D eigenvalue weighted by atomic mass is 19.1. The van der Waals surface area contributed by atoms with E-state index < -0.39 is 6.10 Å². The zero-order valence-corrected chi connectivity index (χ0v) is 19.8. The van der Waals surface area contributed by atoms with Crippen LogP contribution >= 0.6 is 0 Å². The lowest BCUT2D eigenvalue weighted by Gasteiger charge is -2.23. The molecule has 1 unspecified atom stereocenters. The zero-order chi connectivity index (χ0) is 24.4. The number of para-hydroxylation sites is 2. The minimum absolute atomic E-state index is 0.00779. The monoisotopic (exact) mass is 468 g/mol. The number of pyridine rings is 1. The van der Waals surface area contributed by atoms with Crippen molar-refractivity contribution >= 4 is 28.1 Å². The first kappa shape index (κ1) is 23.2. The number of aromatic nitrogens is 1. The molecule has 35 heavy (non-hydrogen) atoms. The van der Waals surface area contributed by atoms with E-state index in [0.717, 1.165) is 42.3 Å². The van der Waals surface area contributed by atoms with Crippen molar-refractivity contribution in [2.75, 3.05) is 5.32 Å². The summed E-state index contributed by atoms with van der Waals surface area (Å²) in [6, 6.07) is 19.4. The van der Waals surface area contributed by atoms with Gasteiger partial charge in [0.1, 0.15) is 11.9 Å². The number of aryl methyl sites for hydroxylation is 1. The molecule has 1 atom stereocenters. The first-order valence-electron chi connectivity index (χ1n) is 12.2. The van der Waals surface area contributed by atoms with Crippen LogP contribution < -0.4 is 5.32 Å². The third-order valence-electron chi connectivity index (χ3n) is 7.06. The van der Waals surface area contributed by atoms with E-state index >= 15 is 0 Å². The molecule has 1 aliphatic carbocycles. The number of rotatable bonds is 6. The molecule has 0 saturated heterocycles. The first-order valence-corrected chi connectivity index (χ1v) is 12.2. The summed E-state index contributed by atoms with van der Waals surface area (Å²) in [7, 11) is 0. The number of carbonyl (C=O) groups excluding carboxylic acids is 1. The summed E-state index contributed by atoms with van der Waals surface area (Å²) in [5, 5.41) is 15.4. The molecule has 2 N–H and O–H groups in total. The average Bonchev–Trinajstić information content (AvgIpc) is 2.90. The highest BCUT2D eigenvalue weighted by Gasteiger charge is 2.27. The predicted octanol–water partition coefficient (Wildman–Crippen LogP) is 7.27. The van der Waals surface area contributed by atoms with Crippen LogP contribution in [-0.2, 0) is 0 Å². The Bertz CT molecular complexity index is 1360. The van der Waals surface area contributed by atoms with Gasteiger partial charge in [0.15, 0.2) is 5.78 Å². The largest absolute Gasteiger partial charge is 0.384 e.